The van der Waals surface area contributed by atoms with Gasteiger partial charge in [-0.2, -0.15) is 0 Å². The van der Waals surface area contributed by atoms with Gasteiger partial charge >= 0.3 is 0 Å². The quantitative estimate of drug-likeness (QED) is 0.352. The molecular weight excluding hydrogens is 136 g/mol. The van der Waals surface area contributed by atoms with Gasteiger partial charge in [-0.05, 0) is 25.3 Å². The summed E-state index contributed by atoms with van der Waals surface area (Å²) in [4.78, 5) is 0. The van der Waals surface area contributed by atoms with Crippen molar-refractivity contribution >= 4 is 0 Å². The third-order valence-corrected chi connectivity index (χ3v) is 1.52. The summed E-state index contributed by atoms with van der Waals surface area (Å²) >= 11 is 0. The van der Waals surface area contributed by atoms with Crippen molar-refractivity contribution in [2.24, 2.45) is 0 Å². The molecule has 0 aromatic heterocycles. The average molecular weight is 154 g/mol. The van der Waals surface area contributed by atoms with Crippen LogP contribution in [0.1, 0.15) is 39.0 Å². The van der Waals surface area contributed by atoms with E-state index in [4.69, 9.17) is 5.11 Å². The molecule has 0 saturated heterocycles. The van der Waals surface area contributed by atoms with Crippen LogP contribution in [0.25, 0.3) is 0 Å². The van der Waals surface area contributed by atoms with Crippen molar-refractivity contribution in [3.63, 3.8) is 0 Å². The largest absolute Gasteiger partial charge is 0.516 e. The number of hydrogen-bond acceptors (Lipinski definition) is 1. The summed E-state index contributed by atoms with van der Waals surface area (Å²) in [6.45, 7) is 2.21. The van der Waals surface area contributed by atoms with Crippen LogP contribution in [0.3, 0.4) is 0 Å². The third kappa shape index (κ3) is 9.28. The van der Waals surface area contributed by atoms with Crippen LogP contribution < -0.4 is 0 Å². The van der Waals surface area contributed by atoms with E-state index in [1.807, 2.05) is 0 Å². The second kappa shape index (κ2) is 9.28. The lowest BCUT2D eigenvalue weighted by molar-refractivity contribution is 0.471. The first-order valence-electron chi connectivity index (χ1n) is 4.36. The Morgan fingerprint density at radius 2 is 1.91 bits per heavy atom. The minimum absolute atomic E-state index is 0.850. The highest BCUT2D eigenvalue weighted by molar-refractivity contribution is 4.89. The Kier molecular flexibility index (Phi) is 8.67. The van der Waals surface area contributed by atoms with Crippen LogP contribution in [0.4, 0.5) is 0 Å². The molecule has 0 spiro atoms. The Labute approximate surface area is 69.4 Å². The number of aliphatic hydroxyl groups is 1. The Balaban J connectivity index is 3.03. The van der Waals surface area contributed by atoms with Gasteiger partial charge in [-0.15, -0.1) is 0 Å². The zero-order chi connectivity index (χ0) is 8.36. The van der Waals surface area contributed by atoms with Gasteiger partial charge in [0, 0.05) is 0 Å². The molecule has 0 atom stereocenters. The molecule has 0 aromatic rings. The topological polar surface area (TPSA) is 20.2 Å². The number of rotatable bonds is 6. The van der Waals surface area contributed by atoms with Crippen LogP contribution >= 0.6 is 0 Å². The van der Waals surface area contributed by atoms with Gasteiger partial charge in [-0.3, -0.25) is 0 Å². The minimum atomic E-state index is 0.850. The van der Waals surface area contributed by atoms with Crippen LogP contribution in [-0.4, -0.2) is 5.11 Å². The molecule has 0 unspecified atom stereocenters. The predicted octanol–water partition coefficient (Wildman–Crippen LogP) is 3.58. The van der Waals surface area contributed by atoms with Gasteiger partial charge in [0.05, 0.1) is 6.26 Å². The van der Waals surface area contributed by atoms with Crippen LogP contribution in [0.5, 0.6) is 0 Å². The lowest BCUT2D eigenvalue weighted by atomic mass is 10.2. The first kappa shape index (κ1) is 10.3. The van der Waals surface area contributed by atoms with E-state index in [0.717, 1.165) is 12.7 Å². The van der Waals surface area contributed by atoms with Gasteiger partial charge in [0.2, 0.25) is 0 Å². The molecule has 0 aliphatic rings. The molecule has 0 heterocycles. The van der Waals surface area contributed by atoms with E-state index < -0.39 is 0 Å². The first-order chi connectivity index (χ1) is 5.41. The van der Waals surface area contributed by atoms with E-state index in [1.54, 1.807) is 6.08 Å². The summed E-state index contributed by atoms with van der Waals surface area (Å²) in [5.74, 6) is 0. The SMILES string of the molecule is CCCCCC=CCC=CO. The Hall–Kier alpha value is -0.720. The van der Waals surface area contributed by atoms with Crippen molar-refractivity contribution < 1.29 is 5.11 Å². The second-order valence-corrected chi connectivity index (χ2v) is 2.59. The van der Waals surface area contributed by atoms with Gasteiger partial charge < -0.3 is 5.11 Å². The number of hydrogen-bond donors (Lipinski definition) is 1. The molecule has 0 saturated carbocycles. The zero-order valence-corrected chi connectivity index (χ0v) is 7.29. The summed E-state index contributed by atoms with van der Waals surface area (Å²) in [5.41, 5.74) is 0. The van der Waals surface area contributed by atoms with Crippen molar-refractivity contribution in [2.75, 3.05) is 0 Å². The molecule has 0 fully saturated rings. The van der Waals surface area contributed by atoms with Crippen molar-refractivity contribution in [1.29, 1.82) is 0 Å². The molecule has 1 N–H and O–H groups in total. The van der Waals surface area contributed by atoms with E-state index in [1.165, 1.54) is 25.7 Å². The molecule has 11 heavy (non-hydrogen) atoms. The lowest BCUT2D eigenvalue weighted by Gasteiger charge is -1.90. The second-order valence-electron chi connectivity index (χ2n) is 2.59. The van der Waals surface area contributed by atoms with Crippen LogP contribution in [0, 0.1) is 0 Å². The van der Waals surface area contributed by atoms with Gasteiger partial charge in [-0.1, -0.05) is 31.9 Å². The molecule has 0 aromatic carbocycles. The monoisotopic (exact) mass is 154 g/mol. The number of unbranched alkanes of at least 4 members (excludes halogenated alkanes) is 3. The molecule has 0 aliphatic carbocycles. The highest BCUT2D eigenvalue weighted by atomic mass is 16.2. The standard InChI is InChI=1S/C10H18O/c1-2-3-4-5-6-7-8-9-10-11/h6-7,9-11H,2-5,8H2,1H3. The molecule has 0 radical (unpaired) electrons. The maximum Gasteiger partial charge on any atom is 0.0754 e. The predicted molar refractivity (Wildman–Crippen MR) is 49.7 cm³/mol. The number of aliphatic hydroxyl groups excluding tert-OH is 1. The van der Waals surface area contributed by atoms with Crippen LogP contribution in [0.15, 0.2) is 24.5 Å². The fourth-order valence-corrected chi connectivity index (χ4v) is 0.866. The molecule has 0 aliphatic heterocycles. The molecule has 0 amide bonds. The molecule has 0 rings (SSSR count). The smallest absolute Gasteiger partial charge is 0.0754 e. The summed E-state index contributed by atoms with van der Waals surface area (Å²) in [5, 5.41) is 8.29. The molecule has 0 bridgehead atoms. The summed E-state index contributed by atoms with van der Waals surface area (Å²) in [7, 11) is 0. The van der Waals surface area contributed by atoms with Crippen molar-refractivity contribution in [1.82, 2.24) is 0 Å². The summed E-state index contributed by atoms with van der Waals surface area (Å²) in [6.07, 6.45) is 13.0. The van der Waals surface area contributed by atoms with E-state index in [9.17, 15) is 0 Å². The highest BCUT2D eigenvalue weighted by Crippen LogP contribution is 1.99. The zero-order valence-electron chi connectivity index (χ0n) is 7.29. The lowest BCUT2D eigenvalue weighted by Crippen LogP contribution is -1.70. The molecular formula is C10H18O. The molecule has 1 heteroatoms. The van der Waals surface area contributed by atoms with E-state index in [2.05, 4.69) is 19.1 Å². The van der Waals surface area contributed by atoms with Gasteiger partial charge in [0.25, 0.3) is 0 Å². The van der Waals surface area contributed by atoms with Crippen LogP contribution in [-0.2, 0) is 0 Å². The van der Waals surface area contributed by atoms with E-state index >= 15 is 0 Å². The first-order valence-corrected chi connectivity index (χ1v) is 4.36. The van der Waals surface area contributed by atoms with Crippen molar-refractivity contribution in [3.8, 4) is 0 Å². The maximum absolute atomic E-state index is 8.29. The average Bonchev–Trinajstić information content (AvgIpc) is 2.03. The van der Waals surface area contributed by atoms with E-state index in [-0.39, 0.29) is 0 Å². The Morgan fingerprint density at radius 1 is 1.09 bits per heavy atom. The minimum Gasteiger partial charge on any atom is -0.516 e. The molecule has 1 nitrogen and oxygen atoms in total. The fraction of sp³-hybridized carbons (Fsp3) is 0.600. The third-order valence-electron chi connectivity index (χ3n) is 1.52. The highest BCUT2D eigenvalue weighted by Gasteiger charge is 1.80. The number of allylic oxidation sites excluding steroid dienone is 3. The van der Waals surface area contributed by atoms with Crippen LogP contribution in [0.2, 0.25) is 0 Å². The van der Waals surface area contributed by atoms with E-state index in [0.29, 0.717) is 0 Å². The van der Waals surface area contributed by atoms with Crippen molar-refractivity contribution in [3.05, 3.63) is 24.5 Å². The van der Waals surface area contributed by atoms with Gasteiger partial charge in [0.15, 0.2) is 0 Å². The fourth-order valence-electron chi connectivity index (χ4n) is 0.866. The summed E-state index contributed by atoms with van der Waals surface area (Å²) in [6, 6.07) is 0. The Bertz CT molecular complexity index is 114. The Morgan fingerprint density at radius 3 is 2.55 bits per heavy atom. The normalized spacial score (nSPS) is 11.7. The van der Waals surface area contributed by atoms with Crippen molar-refractivity contribution in [2.45, 2.75) is 39.0 Å². The molecule has 64 valence electrons. The summed E-state index contributed by atoms with van der Waals surface area (Å²) < 4.78 is 0. The van der Waals surface area contributed by atoms with Gasteiger partial charge in [0.1, 0.15) is 0 Å². The maximum atomic E-state index is 8.29. The van der Waals surface area contributed by atoms with Gasteiger partial charge in [-0.25, -0.2) is 0 Å².